The Labute approximate surface area is 65.4 Å². The van der Waals surface area contributed by atoms with Crippen molar-refractivity contribution < 1.29 is 1.43 Å². The van der Waals surface area contributed by atoms with Crippen LogP contribution in [0.25, 0.3) is 11.0 Å². The van der Waals surface area contributed by atoms with E-state index in [2.05, 4.69) is 9.97 Å². The fourth-order valence-electron chi connectivity index (χ4n) is 0.968. The van der Waals surface area contributed by atoms with Crippen molar-refractivity contribution in [1.29, 1.82) is 0 Å². The van der Waals surface area contributed by atoms with Crippen LogP contribution in [-0.4, -0.2) is 9.97 Å². The molecule has 0 spiro atoms. The van der Waals surface area contributed by atoms with Gasteiger partial charge in [0, 0.05) is 13.0 Å². The number of rotatable bonds is 0. The van der Waals surface area contributed by atoms with E-state index >= 15 is 0 Å². The summed E-state index contributed by atoms with van der Waals surface area (Å²) in [7, 11) is 0. The number of fused-ring (bicyclic) bond motifs is 1. The zero-order valence-corrected chi connectivity index (χ0v) is 5.86. The second kappa shape index (κ2) is 2.20. The first-order valence-corrected chi connectivity index (χ1v) is 3.33. The van der Waals surface area contributed by atoms with E-state index in [1.165, 1.54) is 0 Å². The summed E-state index contributed by atoms with van der Waals surface area (Å²) < 4.78 is 0. The predicted octanol–water partition coefficient (Wildman–Crippen LogP) is 1.46. The predicted molar refractivity (Wildman–Crippen MR) is 46.1 cm³/mol. The van der Waals surface area contributed by atoms with Gasteiger partial charge in [0.2, 0.25) is 0 Å². The third-order valence-electron chi connectivity index (χ3n) is 1.49. The van der Waals surface area contributed by atoms with Crippen LogP contribution in [0.15, 0.2) is 30.5 Å². The summed E-state index contributed by atoms with van der Waals surface area (Å²) in [4.78, 5) is 8.09. The van der Waals surface area contributed by atoms with Crippen molar-refractivity contribution in [2.75, 3.05) is 5.73 Å². The van der Waals surface area contributed by atoms with E-state index in [9.17, 15) is 0 Å². The lowest BCUT2D eigenvalue weighted by Crippen LogP contribution is -1.90. The molecule has 0 saturated heterocycles. The fraction of sp³-hybridized carbons (Fsp3) is 0. The molecule has 3 heteroatoms. The van der Waals surface area contributed by atoms with Gasteiger partial charge < -0.3 is 5.73 Å². The highest BCUT2D eigenvalue weighted by atomic mass is 14.9. The number of pyridine rings is 2. The monoisotopic (exact) mass is 147 g/mol. The molecule has 0 fully saturated rings. The average molecular weight is 147 g/mol. The van der Waals surface area contributed by atoms with Crippen molar-refractivity contribution in [3.8, 4) is 0 Å². The van der Waals surface area contributed by atoms with E-state index in [-0.39, 0.29) is 1.43 Å². The number of nitrogen functional groups attached to an aromatic ring is 1. The molecule has 2 aromatic rings. The van der Waals surface area contributed by atoms with Gasteiger partial charge in [0.25, 0.3) is 0 Å². The van der Waals surface area contributed by atoms with Gasteiger partial charge in [-0.1, -0.05) is 0 Å². The second-order valence-electron chi connectivity index (χ2n) is 2.29. The fourth-order valence-corrected chi connectivity index (χ4v) is 0.968. The highest BCUT2D eigenvalue weighted by Gasteiger charge is 1.92. The molecule has 0 aromatic carbocycles. The number of hydrogen-bond acceptors (Lipinski definition) is 3. The summed E-state index contributed by atoms with van der Waals surface area (Å²) >= 11 is 0. The Hall–Kier alpha value is -1.64. The van der Waals surface area contributed by atoms with E-state index in [1.54, 1.807) is 12.3 Å². The molecule has 11 heavy (non-hydrogen) atoms. The molecule has 3 nitrogen and oxygen atoms in total. The van der Waals surface area contributed by atoms with Crippen molar-refractivity contribution >= 4 is 16.9 Å². The second-order valence-corrected chi connectivity index (χ2v) is 2.29. The lowest BCUT2D eigenvalue weighted by Gasteiger charge is -1.94. The van der Waals surface area contributed by atoms with E-state index < -0.39 is 0 Å². The first-order valence-electron chi connectivity index (χ1n) is 3.33. The topological polar surface area (TPSA) is 51.8 Å². The van der Waals surface area contributed by atoms with Gasteiger partial charge in [-0.25, -0.2) is 9.97 Å². The maximum Gasteiger partial charge on any atom is 0.161 e. The summed E-state index contributed by atoms with van der Waals surface area (Å²) in [6, 6.07) is 7.50. The molecule has 2 aromatic heterocycles. The van der Waals surface area contributed by atoms with Gasteiger partial charge in [0.15, 0.2) is 5.65 Å². The SMILES string of the molecule is Nc1ccc2cccnc2n1.[HH]. The first kappa shape index (κ1) is 6.09. The van der Waals surface area contributed by atoms with Crippen LogP contribution in [0.1, 0.15) is 1.43 Å². The van der Waals surface area contributed by atoms with Crippen LogP contribution >= 0.6 is 0 Å². The highest BCUT2D eigenvalue weighted by Crippen LogP contribution is 2.09. The van der Waals surface area contributed by atoms with Crippen LogP contribution in [0.3, 0.4) is 0 Å². The highest BCUT2D eigenvalue weighted by molar-refractivity contribution is 5.75. The van der Waals surface area contributed by atoms with Gasteiger partial charge in [-0.3, -0.25) is 0 Å². The number of aromatic nitrogens is 2. The molecule has 0 aliphatic heterocycles. The average Bonchev–Trinajstić information content (AvgIpc) is 2.04. The standard InChI is InChI=1S/C8H7N3.H2/c9-7-4-3-6-2-1-5-10-8(6)11-7;/h1-5H,(H2,9,10,11);1H. The summed E-state index contributed by atoms with van der Waals surface area (Å²) in [5.74, 6) is 0.510. The molecule has 0 aliphatic rings. The molecule has 2 heterocycles. The summed E-state index contributed by atoms with van der Waals surface area (Å²) in [6.07, 6.45) is 1.70. The normalized spacial score (nSPS) is 10.2. The lowest BCUT2D eigenvalue weighted by atomic mass is 10.3. The Kier molecular flexibility index (Phi) is 1.22. The maximum absolute atomic E-state index is 5.47. The number of nitrogens with two attached hydrogens (primary N) is 1. The number of hydrogen-bond donors (Lipinski definition) is 1. The Morgan fingerprint density at radius 1 is 1.27 bits per heavy atom. The van der Waals surface area contributed by atoms with Crippen molar-refractivity contribution in [1.82, 2.24) is 9.97 Å². The van der Waals surface area contributed by atoms with E-state index in [1.807, 2.05) is 18.2 Å². The molecule has 0 aliphatic carbocycles. The Morgan fingerprint density at radius 3 is 3.09 bits per heavy atom. The lowest BCUT2D eigenvalue weighted by molar-refractivity contribution is 1.29. The van der Waals surface area contributed by atoms with Crippen molar-refractivity contribution in [3.63, 3.8) is 0 Å². The van der Waals surface area contributed by atoms with Crippen molar-refractivity contribution in [3.05, 3.63) is 30.5 Å². The van der Waals surface area contributed by atoms with Crippen molar-refractivity contribution in [2.24, 2.45) is 0 Å². The first-order chi connectivity index (χ1) is 5.36. The molecule has 56 valence electrons. The third-order valence-corrected chi connectivity index (χ3v) is 1.49. The van der Waals surface area contributed by atoms with Crippen LogP contribution in [0, 0.1) is 0 Å². The molecule has 0 bridgehead atoms. The zero-order valence-electron chi connectivity index (χ0n) is 5.86. The molecule has 0 atom stereocenters. The molecular weight excluding hydrogens is 138 g/mol. The third kappa shape index (κ3) is 1.00. The quantitative estimate of drug-likeness (QED) is 0.613. The summed E-state index contributed by atoms with van der Waals surface area (Å²) in [5.41, 5.74) is 6.17. The minimum Gasteiger partial charge on any atom is -0.384 e. The van der Waals surface area contributed by atoms with Gasteiger partial charge in [0.1, 0.15) is 5.82 Å². The van der Waals surface area contributed by atoms with Crippen LogP contribution in [0.2, 0.25) is 0 Å². The molecule has 2 N–H and O–H groups in total. The molecule has 2 rings (SSSR count). The Bertz CT molecular complexity index is 389. The molecular formula is C8H9N3. The van der Waals surface area contributed by atoms with E-state index in [4.69, 9.17) is 5.73 Å². The van der Waals surface area contributed by atoms with Gasteiger partial charge in [-0.2, -0.15) is 0 Å². The van der Waals surface area contributed by atoms with Crippen LogP contribution in [0.4, 0.5) is 5.82 Å². The minimum absolute atomic E-state index is 0. The van der Waals surface area contributed by atoms with E-state index in [0.717, 1.165) is 5.39 Å². The van der Waals surface area contributed by atoms with Crippen LogP contribution < -0.4 is 5.73 Å². The van der Waals surface area contributed by atoms with Gasteiger partial charge in [0.05, 0.1) is 0 Å². The van der Waals surface area contributed by atoms with Crippen LogP contribution in [0.5, 0.6) is 0 Å². The largest absolute Gasteiger partial charge is 0.384 e. The van der Waals surface area contributed by atoms with Gasteiger partial charge >= 0.3 is 0 Å². The molecule has 0 unspecified atom stereocenters. The molecule has 0 radical (unpaired) electrons. The number of nitrogens with zero attached hydrogens (tertiary/aromatic N) is 2. The Balaban J connectivity index is 0.000000720. The number of anilines is 1. The van der Waals surface area contributed by atoms with Crippen molar-refractivity contribution in [2.45, 2.75) is 0 Å². The van der Waals surface area contributed by atoms with Gasteiger partial charge in [-0.15, -0.1) is 0 Å². The maximum atomic E-state index is 5.47. The zero-order chi connectivity index (χ0) is 7.68. The smallest absolute Gasteiger partial charge is 0.161 e. The Morgan fingerprint density at radius 2 is 2.18 bits per heavy atom. The molecule has 0 saturated carbocycles. The van der Waals surface area contributed by atoms with E-state index in [0.29, 0.717) is 11.5 Å². The van der Waals surface area contributed by atoms with Crippen LogP contribution in [-0.2, 0) is 0 Å². The summed E-state index contributed by atoms with van der Waals surface area (Å²) in [5, 5.41) is 1.02. The minimum atomic E-state index is 0. The summed E-state index contributed by atoms with van der Waals surface area (Å²) in [6.45, 7) is 0. The molecule has 0 amide bonds. The van der Waals surface area contributed by atoms with Gasteiger partial charge in [-0.05, 0) is 24.3 Å².